The summed E-state index contributed by atoms with van der Waals surface area (Å²) in [7, 11) is 3.14. The van der Waals surface area contributed by atoms with Crippen LogP contribution in [0.4, 0.5) is 0 Å². The van der Waals surface area contributed by atoms with Crippen LogP contribution < -0.4 is 14.2 Å². The number of rotatable bonds is 7. The van der Waals surface area contributed by atoms with Crippen LogP contribution >= 0.6 is 22.6 Å². The van der Waals surface area contributed by atoms with E-state index < -0.39 is 0 Å². The number of ketones is 1. The second kappa shape index (κ2) is 8.73. The Labute approximate surface area is 155 Å². The average molecular weight is 438 g/mol. The minimum atomic E-state index is -0.0572. The number of ether oxygens (including phenoxy) is 3. The summed E-state index contributed by atoms with van der Waals surface area (Å²) in [5.41, 5.74) is 1.45. The van der Waals surface area contributed by atoms with Gasteiger partial charge in [0.15, 0.2) is 17.3 Å². The van der Waals surface area contributed by atoms with Crippen molar-refractivity contribution in [1.82, 2.24) is 0 Å². The number of benzene rings is 2. The highest BCUT2D eigenvalue weighted by Gasteiger charge is 2.13. The van der Waals surface area contributed by atoms with Gasteiger partial charge >= 0.3 is 0 Å². The summed E-state index contributed by atoms with van der Waals surface area (Å²) in [6, 6.07) is 11.1. The van der Waals surface area contributed by atoms with Crippen LogP contribution in [0.25, 0.3) is 6.08 Å². The maximum Gasteiger partial charge on any atom is 0.203 e. The van der Waals surface area contributed by atoms with Gasteiger partial charge in [-0.1, -0.05) is 18.2 Å². The van der Waals surface area contributed by atoms with Crippen molar-refractivity contribution in [2.75, 3.05) is 20.8 Å². The van der Waals surface area contributed by atoms with Crippen LogP contribution in [0.5, 0.6) is 17.2 Å². The van der Waals surface area contributed by atoms with E-state index in [1.54, 1.807) is 20.3 Å². The first-order chi connectivity index (χ1) is 11.6. The summed E-state index contributed by atoms with van der Waals surface area (Å²) in [4.78, 5) is 12.2. The molecule has 0 spiro atoms. The Morgan fingerprint density at radius 1 is 1.08 bits per heavy atom. The summed E-state index contributed by atoms with van der Waals surface area (Å²) < 4.78 is 17.4. The van der Waals surface area contributed by atoms with Crippen molar-refractivity contribution in [2.24, 2.45) is 0 Å². The normalized spacial score (nSPS) is 10.7. The van der Waals surface area contributed by atoms with Gasteiger partial charge < -0.3 is 14.2 Å². The number of hydrogen-bond acceptors (Lipinski definition) is 4. The molecule has 0 aliphatic heterocycles. The van der Waals surface area contributed by atoms with Gasteiger partial charge in [-0.15, -0.1) is 0 Å². The molecule has 0 atom stereocenters. The summed E-state index contributed by atoms with van der Waals surface area (Å²) in [5, 5.41) is 0. The van der Waals surface area contributed by atoms with Crippen molar-refractivity contribution < 1.29 is 19.0 Å². The van der Waals surface area contributed by atoms with Gasteiger partial charge in [0.1, 0.15) is 0 Å². The fourth-order valence-corrected chi connectivity index (χ4v) is 2.52. The number of hydrogen-bond donors (Lipinski definition) is 0. The van der Waals surface area contributed by atoms with Gasteiger partial charge in [0, 0.05) is 9.13 Å². The Morgan fingerprint density at radius 2 is 1.67 bits per heavy atom. The van der Waals surface area contributed by atoms with E-state index in [4.69, 9.17) is 14.2 Å². The molecule has 0 radical (unpaired) electrons. The van der Waals surface area contributed by atoms with Crippen molar-refractivity contribution in [3.8, 4) is 17.2 Å². The molecule has 4 nitrogen and oxygen atoms in total. The van der Waals surface area contributed by atoms with Crippen molar-refractivity contribution >= 4 is 34.5 Å². The molecule has 0 heterocycles. The van der Waals surface area contributed by atoms with E-state index in [2.05, 4.69) is 22.6 Å². The van der Waals surface area contributed by atoms with Crippen LogP contribution in [0.3, 0.4) is 0 Å². The molecule has 24 heavy (non-hydrogen) atoms. The molecule has 0 amide bonds. The van der Waals surface area contributed by atoms with Crippen molar-refractivity contribution in [2.45, 2.75) is 6.92 Å². The first-order valence-electron chi connectivity index (χ1n) is 7.45. The van der Waals surface area contributed by atoms with Crippen LogP contribution in [0.2, 0.25) is 0 Å². The third kappa shape index (κ3) is 4.50. The Kier molecular flexibility index (Phi) is 6.66. The van der Waals surface area contributed by atoms with Gasteiger partial charge in [-0.2, -0.15) is 0 Å². The van der Waals surface area contributed by atoms with E-state index in [0.29, 0.717) is 29.4 Å². The lowest BCUT2D eigenvalue weighted by Crippen LogP contribution is -1.99. The number of carbonyl (C=O) groups is 1. The van der Waals surface area contributed by atoms with Crippen LogP contribution in [0, 0.1) is 3.57 Å². The molecule has 0 unspecified atom stereocenters. The SMILES string of the molecule is CCOc1c(OC)cc(/C=C/C(=O)c2ccc(I)cc2)cc1OC. The van der Waals surface area contributed by atoms with Crippen LogP contribution in [0.15, 0.2) is 42.5 Å². The van der Waals surface area contributed by atoms with Gasteiger partial charge in [0.2, 0.25) is 5.75 Å². The summed E-state index contributed by atoms with van der Waals surface area (Å²) >= 11 is 2.21. The Hall–Kier alpha value is -2.02. The zero-order valence-corrected chi connectivity index (χ0v) is 16.0. The van der Waals surface area contributed by atoms with E-state index in [9.17, 15) is 4.79 Å². The number of carbonyl (C=O) groups excluding carboxylic acids is 1. The highest BCUT2D eigenvalue weighted by atomic mass is 127. The van der Waals surface area contributed by atoms with Crippen molar-refractivity contribution in [1.29, 1.82) is 0 Å². The lowest BCUT2D eigenvalue weighted by molar-refractivity contribution is 0.104. The van der Waals surface area contributed by atoms with Gasteiger partial charge in [-0.25, -0.2) is 0 Å². The Morgan fingerprint density at radius 3 is 2.17 bits per heavy atom. The topological polar surface area (TPSA) is 44.8 Å². The lowest BCUT2D eigenvalue weighted by atomic mass is 10.1. The molecule has 0 aliphatic rings. The first-order valence-corrected chi connectivity index (χ1v) is 8.53. The summed E-state index contributed by atoms with van der Waals surface area (Å²) in [6.07, 6.45) is 3.28. The van der Waals surface area contributed by atoms with E-state index in [0.717, 1.165) is 9.13 Å². The molecule has 5 heteroatoms. The third-order valence-corrected chi connectivity index (χ3v) is 4.05. The summed E-state index contributed by atoms with van der Waals surface area (Å²) in [5.74, 6) is 1.64. The molecule has 0 fully saturated rings. The second-order valence-electron chi connectivity index (χ2n) is 4.89. The third-order valence-electron chi connectivity index (χ3n) is 3.33. The highest BCUT2D eigenvalue weighted by molar-refractivity contribution is 14.1. The number of methoxy groups -OCH3 is 2. The van der Waals surface area contributed by atoms with Gasteiger partial charge in [0.05, 0.1) is 20.8 Å². The minimum Gasteiger partial charge on any atom is -0.493 e. The molecule has 2 aromatic rings. The van der Waals surface area contributed by atoms with Gasteiger partial charge in [-0.3, -0.25) is 4.79 Å². The molecular weight excluding hydrogens is 419 g/mol. The zero-order valence-electron chi connectivity index (χ0n) is 13.8. The van der Waals surface area contributed by atoms with Gasteiger partial charge in [0.25, 0.3) is 0 Å². The Balaban J connectivity index is 2.28. The lowest BCUT2D eigenvalue weighted by Gasteiger charge is -2.14. The molecule has 126 valence electrons. The van der Waals surface area contributed by atoms with Crippen molar-refractivity contribution in [3.05, 3.63) is 57.2 Å². The van der Waals surface area contributed by atoms with Gasteiger partial charge in [-0.05, 0) is 65.4 Å². The fourth-order valence-electron chi connectivity index (χ4n) is 2.17. The highest BCUT2D eigenvalue weighted by Crippen LogP contribution is 2.38. The van der Waals surface area contributed by atoms with E-state index in [-0.39, 0.29) is 5.78 Å². The quantitative estimate of drug-likeness (QED) is 0.360. The largest absolute Gasteiger partial charge is 0.493 e. The zero-order chi connectivity index (χ0) is 17.5. The van der Waals surface area contributed by atoms with Crippen LogP contribution in [0.1, 0.15) is 22.8 Å². The van der Waals surface area contributed by atoms with Crippen LogP contribution in [-0.4, -0.2) is 26.6 Å². The second-order valence-corrected chi connectivity index (χ2v) is 6.14. The fraction of sp³-hybridized carbons (Fsp3) is 0.211. The minimum absolute atomic E-state index is 0.0572. The molecule has 0 saturated heterocycles. The predicted molar refractivity (Wildman–Crippen MR) is 103 cm³/mol. The molecule has 0 saturated carbocycles. The number of allylic oxidation sites excluding steroid dienone is 1. The molecule has 0 aliphatic carbocycles. The monoisotopic (exact) mass is 438 g/mol. The molecule has 2 aromatic carbocycles. The maximum absolute atomic E-state index is 12.2. The van der Waals surface area contributed by atoms with Crippen molar-refractivity contribution in [3.63, 3.8) is 0 Å². The van der Waals surface area contributed by atoms with E-state index in [1.807, 2.05) is 43.3 Å². The maximum atomic E-state index is 12.2. The predicted octanol–water partition coefficient (Wildman–Crippen LogP) is 4.60. The first kappa shape index (κ1) is 18.3. The smallest absolute Gasteiger partial charge is 0.203 e. The average Bonchev–Trinajstić information content (AvgIpc) is 2.61. The Bertz CT molecular complexity index is 711. The molecule has 0 aromatic heterocycles. The van der Waals surface area contributed by atoms with Crippen LogP contribution in [-0.2, 0) is 0 Å². The van der Waals surface area contributed by atoms with E-state index in [1.165, 1.54) is 6.08 Å². The molecule has 0 bridgehead atoms. The van der Waals surface area contributed by atoms with E-state index >= 15 is 0 Å². The molecular formula is C19H19IO4. The standard InChI is InChI=1S/C19H19IO4/c1-4-24-19-17(22-2)11-13(12-18(19)23-3)5-10-16(21)14-6-8-15(20)9-7-14/h5-12H,4H2,1-3H3/b10-5+. The molecule has 2 rings (SSSR count). The summed E-state index contributed by atoms with van der Waals surface area (Å²) in [6.45, 7) is 2.40. The number of halogens is 1. The molecule has 0 N–H and O–H groups in total.